The predicted octanol–water partition coefficient (Wildman–Crippen LogP) is 2.90. The lowest BCUT2D eigenvalue weighted by molar-refractivity contribution is 0.226. The maximum Gasteiger partial charge on any atom is 0.256 e. The van der Waals surface area contributed by atoms with Crippen molar-refractivity contribution in [3.63, 3.8) is 0 Å². The van der Waals surface area contributed by atoms with Gasteiger partial charge in [-0.05, 0) is 23.9 Å². The quantitative estimate of drug-likeness (QED) is 0.655. The molecule has 1 heterocycles. The van der Waals surface area contributed by atoms with Crippen LogP contribution in [-0.4, -0.2) is 10.1 Å². The van der Waals surface area contributed by atoms with Gasteiger partial charge in [-0.25, -0.2) is 0 Å². The summed E-state index contributed by atoms with van der Waals surface area (Å²) in [6.07, 6.45) is -0.678. The zero-order valence-corrected chi connectivity index (χ0v) is 11.0. The van der Waals surface area contributed by atoms with Gasteiger partial charge in [0.1, 0.15) is 6.10 Å². The Morgan fingerprint density at radius 1 is 1.10 bits per heavy atom. The van der Waals surface area contributed by atoms with Gasteiger partial charge in [0.25, 0.3) is 5.56 Å². The number of hydrogen-bond acceptors (Lipinski definition) is 2. The van der Waals surface area contributed by atoms with Crippen molar-refractivity contribution in [3.8, 4) is 11.3 Å². The number of hydrogen-bond donors (Lipinski definition) is 2. The Hall–Kier alpha value is -2.39. The maximum absolute atomic E-state index is 12.2. The molecule has 1 unspecified atom stereocenters. The number of aliphatic hydroxyl groups excluding tert-OH is 1. The van der Waals surface area contributed by atoms with E-state index >= 15 is 0 Å². The van der Waals surface area contributed by atoms with E-state index in [-0.39, 0.29) is 5.56 Å². The van der Waals surface area contributed by atoms with E-state index in [4.69, 9.17) is 0 Å². The Kier molecular flexibility index (Phi) is 2.18. The van der Waals surface area contributed by atoms with Crippen molar-refractivity contribution >= 4 is 10.8 Å². The molecule has 98 valence electrons. The number of fused-ring (bicyclic) bond motifs is 5. The van der Waals surface area contributed by atoms with E-state index in [9.17, 15) is 9.90 Å². The highest BCUT2D eigenvalue weighted by Crippen LogP contribution is 2.44. The second-order valence-corrected chi connectivity index (χ2v) is 5.28. The highest BCUT2D eigenvalue weighted by molar-refractivity contribution is 5.93. The first-order chi connectivity index (χ1) is 9.66. The van der Waals surface area contributed by atoms with E-state index in [2.05, 4.69) is 4.98 Å². The third kappa shape index (κ3) is 1.35. The summed E-state index contributed by atoms with van der Waals surface area (Å²) in [6.45, 7) is 1.99. The molecule has 20 heavy (non-hydrogen) atoms. The number of pyridine rings is 1. The standard InChI is InChI=1S/C17H13NO2/c1-9-6-7-12-13(8-9)14-15(18-17(12)20)10-4-2-3-5-11(10)16(14)19/h2-8,16,19H,1H3,(H,18,20). The van der Waals surface area contributed by atoms with Gasteiger partial charge in [-0.15, -0.1) is 0 Å². The fourth-order valence-corrected chi connectivity index (χ4v) is 3.08. The number of benzene rings is 2. The van der Waals surface area contributed by atoms with Crippen LogP contribution in [0.4, 0.5) is 0 Å². The van der Waals surface area contributed by atoms with Crippen molar-refractivity contribution in [3.05, 3.63) is 69.5 Å². The molecule has 2 aromatic carbocycles. The number of nitrogens with one attached hydrogen (secondary N) is 1. The largest absolute Gasteiger partial charge is 0.384 e. The van der Waals surface area contributed by atoms with Crippen molar-refractivity contribution in [2.75, 3.05) is 0 Å². The Balaban J connectivity index is 2.21. The monoisotopic (exact) mass is 263 g/mol. The number of aliphatic hydroxyl groups is 1. The molecule has 1 aliphatic rings. The summed E-state index contributed by atoms with van der Waals surface area (Å²) in [5.74, 6) is 0. The minimum atomic E-state index is -0.678. The molecule has 0 aliphatic heterocycles. The molecule has 0 radical (unpaired) electrons. The molecule has 3 heteroatoms. The second kappa shape index (κ2) is 3.81. The lowest BCUT2D eigenvalue weighted by Gasteiger charge is -2.09. The van der Waals surface area contributed by atoms with Gasteiger partial charge in [-0.1, -0.05) is 42.0 Å². The first-order valence-electron chi connectivity index (χ1n) is 6.61. The van der Waals surface area contributed by atoms with Crippen LogP contribution in [0.5, 0.6) is 0 Å². The summed E-state index contributed by atoms with van der Waals surface area (Å²) in [5.41, 5.74) is 4.29. The van der Waals surface area contributed by atoms with Crippen molar-refractivity contribution < 1.29 is 5.11 Å². The fourth-order valence-electron chi connectivity index (χ4n) is 3.08. The average molecular weight is 263 g/mol. The molecule has 0 fully saturated rings. The maximum atomic E-state index is 12.2. The molecular weight excluding hydrogens is 250 g/mol. The molecule has 0 saturated carbocycles. The molecule has 1 aromatic heterocycles. The summed E-state index contributed by atoms with van der Waals surface area (Å²) in [6, 6.07) is 13.4. The molecule has 0 saturated heterocycles. The fraction of sp³-hybridized carbons (Fsp3) is 0.118. The lowest BCUT2D eigenvalue weighted by atomic mass is 10.0. The first-order valence-corrected chi connectivity index (χ1v) is 6.61. The molecule has 3 nitrogen and oxygen atoms in total. The van der Waals surface area contributed by atoms with Crippen LogP contribution < -0.4 is 5.56 Å². The third-order valence-corrected chi connectivity index (χ3v) is 4.02. The lowest BCUT2D eigenvalue weighted by Crippen LogP contribution is -2.09. The van der Waals surface area contributed by atoms with Gasteiger partial charge in [0.05, 0.1) is 5.69 Å². The highest BCUT2D eigenvalue weighted by atomic mass is 16.3. The summed E-state index contributed by atoms with van der Waals surface area (Å²) in [7, 11) is 0. The molecule has 0 spiro atoms. The second-order valence-electron chi connectivity index (χ2n) is 5.28. The van der Waals surface area contributed by atoms with E-state index in [0.29, 0.717) is 5.39 Å². The zero-order valence-electron chi connectivity index (χ0n) is 11.0. The van der Waals surface area contributed by atoms with E-state index in [1.54, 1.807) is 0 Å². The molecule has 0 amide bonds. The topological polar surface area (TPSA) is 53.1 Å². The number of aryl methyl sites for hydroxylation is 1. The van der Waals surface area contributed by atoms with E-state index in [1.807, 2.05) is 49.4 Å². The number of rotatable bonds is 0. The normalized spacial score (nSPS) is 16.2. The van der Waals surface area contributed by atoms with Crippen LogP contribution in [0.1, 0.15) is 22.8 Å². The third-order valence-electron chi connectivity index (χ3n) is 4.02. The van der Waals surface area contributed by atoms with Gasteiger partial charge < -0.3 is 10.1 Å². The SMILES string of the molecule is Cc1ccc2c(=O)[nH]c3c(c2c1)C(O)c1ccccc1-3. The summed E-state index contributed by atoms with van der Waals surface area (Å²) >= 11 is 0. The molecule has 2 N–H and O–H groups in total. The minimum absolute atomic E-state index is 0.109. The Morgan fingerprint density at radius 2 is 1.90 bits per heavy atom. The molecule has 3 aromatic rings. The van der Waals surface area contributed by atoms with Crippen LogP contribution in [0, 0.1) is 6.92 Å². The number of H-pyrrole nitrogens is 1. The highest BCUT2D eigenvalue weighted by Gasteiger charge is 2.29. The first kappa shape index (κ1) is 11.4. The summed E-state index contributed by atoms with van der Waals surface area (Å²) < 4.78 is 0. The molecule has 0 bridgehead atoms. The molecule has 1 atom stereocenters. The van der Waals surface area contributed by atoms with Crippen LogP contribution in [0.15, 0.2) is 47.3 Å². The van der Waals surface area contributed by atoms with Crippen molar-refractivity contribution in [2.24, 2.45) is 0 Å². The van der Waals surface area contributed by atoms with Gasteiger partial charge in [0.2, 0.25) is 0 Å². The average Bonchev–Trinajstić information content (AvgIpc) is 2.73. The van der Waals surface area contributed by atoms with Crippen molar-refractivity contribution in [2.45, 2.75) is 13.0 Å². The van der Waals surface area contributed by atoms with Crippen molar-refractivity contribution in [1.29, 1.82) is 0 Å². The molecule has 4 rings (SSSR count). The summed E-state index contributed by atoms with van der Waals surface area (Å²) in [5, 5.41) is 12.1. The number of aromatic amines is 1. The molecule has 1 aliphatic carbocycles. The van der Waals surface area contributed by atoms with Crippen LogP contribution >= 0.6 is 0 Å². The zero-order chi connectivity index (χ0) is 13.9. The Labute approximate surface area is 115 Å². The van der Waals surface area contributed by atoms with Crippen molar-refractivity contribution in [1.82, 2.24) is 4.98 Å². The van der Waals surface area contributed by atoms with Gasteiger partial charge in [-0.3, -0.25) is 4.79 Å². The smallest absolute Gasteiger partial charge is 0.256 e. The van der Waals surface area contributed by atoms with Crippen LogP contribution in [-0.2, 0) is 0 Å². The van der Waals surface area contributed by atoms with Crippen LogP contribution in [0.25, 0.3) is 22.0 Å². The minimum Gasteiger partial charge on any atom is -0.384 e. The Bertz CT molecular complexity index is 908. The predicted molar refractivity (Wildman–Crippen MR) is 78.8 cm³/mol. The number of aromatic nitrogens is 1. The molecular formula is C17H13NO2. The van der Waals surface area contributed by atoms with Gasteiger partial charge >= 0.3 is 0 Å². The van der Waals surface area contributed by atoms with Crippen LogP contribution in [0.2, 0.25) is 0 Å². The van der Waals surface area contributed by atoms with Gasteiger partial charge in [0.15, 0.2) is 0 Å². The van der Waals surface area contributed by atoms with E-state index < -0.39 is 6.10 Å². The van der Waals surface area contributed by atoms with E-state index in [1.165, 1.54) is 0 Å². The van der Waals surface area contributed by atoms with Crippen LogP contribution in [0.3, 0.4) is 0 Å². The summed E-state index contributed by atoms with van der Waals surface area (Å²) in [4.78, 5) is 15.2. The Morgan fingerprint density at radius 3 is 2.75 bits per heavy atom. The van der Waals surface area contributed by atoms with Gasteiger partial charge in [-0.2, -0.15) is 0 Å². The van der Waals surface area contributed by atoms with Gasteiger partial charge in [0, 0.05) is 16.5 Å². The van der Waals surface area contributed by atoms with E-state index in [0.717, 1.165) is 33.3 Å².